The van der Waals surface area contributed by atoms with Crippen LogP contribution >= 0.6 is 15.9 Å². The minimum absolute atomic E-state index is 0.0402. The number of carboxylic acid groups (broad SMARTS) is 1. The zero-order valence-corrected chi connectivity index (χ0v) is 13.6. The van der Waals surface area contributed by atoms with E-state index < -0.39 is 23.7 Å². The summed E-state index contributed by atoms with van der Waals surface area (Å²) in [5, 5.41) is 21.2. The summed E-state index contributed by atoms with van der Waals surface area (Å²) in [6.07, 6.45) is -0.861. The lowest BCUT2D eigenvalue weighted by atomic mass is 10.1. The number of benzene rings is 1. The van der Waals surface area contributed by atoms with Gasteiger partial charge in [-0.25, -0.2) is 9.59 Å². The molecule has 1 atom stereocenters. The molecule has 0 fully saturated rings. The Bertz CT molecular complexity index is 539. The van der Waals surface area contributed by atoms with Crippen LogP contribution in [0.4, 0.5) is 4.79 Å². The van der Waals surface area contributed by atoms with Gasteiger partial charge in [0.05, 0.1) is 0 Å². The summed E-state index contributed by atoms with van der Waals surface area (Å²) in [6.45, 7) is 5.05. The highest BCUT2D eigenvalue weighted by molar-refractivity contribution is 9.10. The van der Waals surface area contributed by atoms with Crippen LogP contribution in [0, 0.1) is 0 Å². The normalized spacial score (nSPS) is 12.6. The Balaban J connectivity index is 2.79. The second-order valence-corrected chi connectivity index (χ2v) is 6.43. The summed E-state index contributed by atoms with van der Waals surface area (Å²) in [5.74, 6) is -1.25. The zero-order chi connectivity index (χ0) is 16.2. The van der Waals surface area contributed by atoms with E-state index in [4.69, 9.17) is 9.84 Å². The number of halogens is 1. The molecule has 0 radical (unpaired) electrons. The molecule has 0 spiro atoms. The predicted octanol–water partition coefficient (Wildman–Crippen LogP) is 2.68. The second kappa shape index (κ2) is 6.80. The number of carbonyl (C=O) groups excluding carboxylic acids is 1. The summed E-state index contributed by atoms with van der Waals surface area (Å²) in [6, 6.07) is 3.54. The zero-order valence-electron chi connectivity index (χ0n) is 12.0. The Kier molecular flexibility index (Phi) is 5.60. The molecule has 7 heteroatoms. The van der Waals surface area contributed by atoms with Crippen LogP contribution in [0.3, 0.4) is 0 Å². The largest absolute Gasteiger partial charge is 0.508 e. The lowest BCUT2D eigenvalue weighted by Crippen LogP contribution is -2.44. The van der Waals surface area contributed by atoms with E-state index in [-0.39, 0.29) is 12.2 Å². The number of nitrogens with one attached hydrogen (secondary N) is 1. The monoisotopic (exact) mass is 359 g/mol. The van der Waals surface area contributed by atoms with E-state index in [0.717, 1.165) is 0 Å². The Morgan fingerprint density at radius 1 is 1.38 bits per heavy atom. The molecule has 0 bridgehead atoms. The van der Waals surface area contributed by atoms with Crippen molar-refractivity contribution in [2.75, 3.05) is 0 Å². The van der Waals surface area contributed by atoms with Crippen LogP contribution in [0.1, 0.15) is 26.3 Å². The molecule has 3 N–H and O–H groups in total. The number of phenols is 1. The highest BCUT2D eigenvalue weighted by Gasteiger charge is 2.25. The number of hydrogen-bond acceptors (Lipinski definition) is 4. The van der Waals surface area contributed by atoms with Gasteiger partial charge in [-0.15, -0.1) is 0 Å². The molecule has 0 aromatic heterocycles. The van der Waals surface area contributed by atoms with Crippen molar-refractivity contribution < 1.29 is 24.5 Å². The van der Waals surface area contributed by atoms with E-state index in [1.165, 1.54) is 6.07 Å². The van der Waals surface area contributed by atoms with Crippen LogP contribution in [-0.4, -0.2) is 33.9 Å². The number of carbonyl (C=O) groups is 2. The SMILES string of the molecule is CC(C)(C)OC(=O)NC(Cc1ccc(Br)cc1O)C(=O)O. The van der Waals surface area contributed by atoms with Crippen LogP contribution in [0.5, 0.6) is 5.75 Å². The van der Waals surface area contributed by atoms with E-state index in [1.807, 2.05) is 0 Å². The molecule has 0 aliphatic carbocycles. The van der Waals surface area contributed by atoms with Crippen molar-refractivity contribution in [1.29, 1.82) is 0 Å². The number of amides is 1. The average molecular weight is 360 g/mol. The number of ether oxygens (including phenoxy) is 1. The first-order valence-corrected chi connectivity index (χ1v) is 7.07. The first-order chi connectivity index (χ1) is 9.58. The smallest absolute Gasteiger partial charge is 0.408 e. The molecule has 6 nitrogen and oxygen atoms in total. The van der Waals surface area contributed by atoms with Crippen molar-refractivity contribution >= 4 is 28.0 Å². The van der Waals surface area contributed by atoms with Crippen molar-refractivity contribution in [2.45, 2.75) is 38.8 Å². The van der Waals surface area contributed by atoms with Gasteiger partial charge in [0, 0.05) is 10.9 Å². The third kappa shape index (κ3) is 6.03. The van der Waals surface area contributed by atoms with E-state index in [9.17, 15) is 14.7 Å². The molecule has 1 rings (SSSR count). The van der Waals surface area contributed by atoms with E-state index in [0.29, 0.717) is 10.0 Å². The molecule has 0 aliphatic heterocycles. The fourth-order valence-electron chi connectivity index (χ4n) is 1.58. The molecule has 1 aromatic rings. The van der Waals surface area contributed by atoms with Gasteiger partial charge in [-0.3, -0.25) is 0 Å². The van der Waals surface area contributed by atoms with Crippen LogP contribution < -0.4 is 5.32 Å². The highest BCUT2D eigenvalue weighted by atomic mass is 79.9. The van der Waals surface area contributed by atoms with E-state index >= 15 is 0 Å². The number of alkyl carbamates (subject to hydrolysis) is 1. The predicted molar refractivity (Wildman–Crippen MR) is 80.3 cm³/mol. The van der Waals surface area contributed by atoms with Gasteiger partial charge in [0.15, 0.2) is 0 Å². The minimum Gasteiger partial charge on any atom is -0.508 e. The van der Waals surface area contributed by atoms with Crippen molar-refractivity contribution in [2.24, 2.45) is 0 Å². The maximum atomic E-state index is 11.6. The van der Waals surface area contributed by atoms with Crippen molar-refractivity contribution in [1.82, 2.24) is 5.32 Å². The molecular weight excluding hydrogens is 342 g/mol. The van der Waals surface area contributed by atoms with Gasteiger partial charge in [-0.05, 0) is 38.5 Å². The summed E-state index contributed by atoms with van der Waals surface area (Å²) < 4.78 is 5.70. The maximum absolute atomic E-state index is 11.6. The first kappa shape index (κ1) is 17.3. The van der Waals surface area contributed by atoms with Gasteiger partial charge < -0.3 is 20.3 Å². The summed E-state index contributed by atoms with van der Waals surface area (Å²) in [5.41, 5.74) is -0.297. The second-order valence-electron chi connectivity index (χ2n) is 5.51. The highest BCUT2D eigenvalue weighted by Crippen LogP contribution is 2.23. The number of phenolic OH excluding ortho intramolecular Hbond substituents is 1. The van der Waals surface area contributed by atoms with Gasteiger partial charge in [-0.1, -0.05) is 22.0 Å². The molecule has 116 valence electrons. The summed E-state index contributed by atoms with van der Waals surface area (Å²) >= 11 is 3.20. The summed E-state index contributed by atoms with van der Waals surface area (Å²) in [4.78, 5) is 22.9. The number of aliphatic carboxylic acids is 1. The third-order valence-corrected chi connectivity index (χ3v) is 2.95. The molecule has 0 saturated carbocycles. The van der Waals surface area contributed by atoms with Crippen molar-refractivity contribution in [3.8, 4) is 5.75 Å². The van der Waals surface area contributed by atoms with Gasteiger partial charge in [0.2, 0.25) is 0 Å². The van der Waals surface area contributed by atoms with Gasteiger partial charge in [-0.2, -0.15) is 0 Å². The molecule has 1 unspecified atom stereocenters. The van der Waals surface area contributed by atoms with Crippen LogP contribution in [0.2, 0.25) is 0 Å². The van der Waals surface area contributed by atoms with Gasteiger partial charge in [0.1, 0.15) is 17.4 Å². The Labute approximate surface area is 131 Å². The molecule has 1 aromatic carbocycles. The van der Waals surface area contributed by atoms with Crippen LogP contribution in [0.25, 0.3) is 0 Å². The lowest BCUT2D eigenvalue weighted by molar-refractivity contribution is -0.139. The summed E-state index contributed by atoms with van der Waals surface area (Å²) in [7, 11) is 0. The average Bonchev–Trinajstić information content (AvgIpc) is 2.28. The molecule has 21 heavy (non-hydrogen) atoms. The van der Waals surface area contributed by atoms with Crippen molar-refractivity contribution in [3.63, 3.8) is 0 Å². The standard InChI is InChI=1S/C14H18BrNO5/c1-14(2,3)21-13(20)16-10(12(18)19)6-8-4-5-9(15)7-11(8)17/h4-5,7,10,17H,6H2,1-3H3,(H,16,20)(H,18,19). The molecule has 0 saturated heterocycles. The Hall–Kier alpha value is -1.76. The van der Waals surface area contributed by atoms with Gasteiger partial charge >= 0.3 is 12.1 Å². The van der Waals surface area contributed by atoms with Gasteiger partial charge in [0.25, 0.3) is 0 Å². The topological polar surface area (TPSA) is 95.9 Å². The quantitative estimate of drug-likeness (QED) is 0.767. The van der Waals surface area contributed by atoms with Crippen LogP contribution in [-0.2, 0) is 16.0 Å². The van der Waals surface area contributed by atoms with Crippen LogP contribution in [0.15, 0.2) is 22.7 Å². The first-order valence-electron chi connectivity index (χ1n) is 6.28. The maximum Gasteiger partial charge on any atom is 0.408 e. The Morgan fingerprint density at radius 2 is 2.00 bits per heavy atom. The van der Waals surface area contributed by atoms with E-state index in [1.54, 1.807) is 32.9 Å². The Morgan fingerprint density at radius 3 is 2.48 bits per heavy atom. The number of hydrogen-bond donors (Lipinski definition) is 3. The fraction of sp³-hybridized carbons (Fsp3) is 0.429. The molecular formula is C14H18BrNO5. The van der Waals surface area contributed by atoms with E-state index in [2.05, 4.69) is 21.2 Å². The van der Waals surface area contributed by atoms with Crippen molar-refractivity contribution in [3.05, 3.63) is 28.2 Å². The number of rotatable bonds is 4. The molecule has 0 heterocycles. The number of carboxylic acids is 1. The fourth-order valence-corrected chi connectivity index (χ4v) is 1.93. The third-order valence-electron chi connectivity index (χ3n) is 2.46. The molecule has 1 amide bonds. The molecule has 0 aliphatic rings. The number of aromatic hydroxyl groups is 1. The lowest BCUT2D eigenvalue weighted by Gasteiger charge is -2.22. The minimum atomic E-state index is -1.21.